The molecule has 0 N–H and O–H groups in total. The second-order valence-corrected chi connectivity index (χ2v) is 23.9. The SMILES string of the molecule is CC1(C)c2ccccc2N(c2ccccc2)c2cccc(-c3cccc4c(-c5c6cccc(-c7ccccc7)c6cc6c(-c7ccccc7)cccc56)c5cccc(-c6cccc7c6C(C)(C)c6ccccc6N7c6ccccc6)c5cc34)c21. The van der Waals surface area contributed by atoms with Crippen molar-refractivity contribution >= 4 is 77.2 Å². The largest absolute Gasteiger partial charge is 0.310 e. The summed E-state index contributed by atoms with van der Waals surface area (Å²) in [5, 5.41) is 9.75. The van der Waals surface area contributed by atoms with E-state index in [1.807, 2.05) is 0 Å². The van der Waals surface area contributed by atoms with Crippen LogP contribution in [0.2, 0.25) is 0 Å². The van der Waals surface area contributed by atoms with Gasteiger partial charge in [0.15, 0.2) is 0 Å². The first-order valence-electron chi connectivity index (χ1n) is 29.5. The number of hydrogen-bond donors (Lipinski definition) is 0. The Hall–Kier alpha value is -10.3. The summed E-state index contributed by atoms with van der Waals surface area (Å²) >= 11 is 0. The highest BCUT2D eigenvalue weighted by Gasteiger charge is 2.41. The van der Waals surface area contributed by atoms with E-state index in [1.54, 1.807) is 0 Å². The van der Waals surface area contributed by atoms with Gasteiger partial charge in [-0.05, 0) is 182 Å². The molecule has 0 spiro atoms. The zero-order chi connectivity index (χ0) is 56.3. The highest BCUT2D eigenvalue weighted by Crippen LogP contribution is 2.59. The van der Waals surface area contributed by atoms with E-state index < -0.39 is 0 Å². The van der Waals surface area contributed by atoms with Crippen molar-refractivity contribution < 1.29 is 0 Å². The van der Waals surface area contributed by atoms with Crippen LogP contribution in [0, 0.1) is 0 Å². The number of benzene rings is 14. The zero-order valence-electron chi connectivity index (χ0n) is 47.6. The van der Waals surface area contributed by atoms with E-state index in [2.05, 4.69) is 329 Å². The summed E-state index contributed by atoms with van der Waals surface area (Å²) in [6.45, 7) is 9.70. The molecule has 2 aliphatic heterocycles. The van der Waals surface area contributed by atoms with E-state index in [9.17, 15) is 0 Å². The van der Waals surface area contributed by atoms with Gasteiger partial charge in [0.2, 0.25) is 0 Å². The van der Waals surface area contributed by atoms with Crippen molar-refractivity contribution in [1.29, 1.82) is 0 Å². The summed E-state index contributed by atoms with van der Waals surface area (Å²) in [5.41, 5.74) is 23.8. The average molecular weight is 1070 g/mol. The minimum absolute atomic E-state index is 0.357. The Morgan fingerprint density at radius 2 is 0.512 bits per heavy atom. The molecule has 14 aromatic carbocycles. The fourth-order valence-electron chi connectivity index (χ4n) is 14.9. The normalized spacial score (nSPS) is 13.9. The molecule has 0 radical (unpaired) electrons. The number of hydrogen-bond acceptors (Lipinski definition) is 2. The van der Waals surface area contributed by atoms with Crippen LogP contribution >= 0.6 is 0 Å². The summed E-state index contributed by atoms with van der Waals surface area (Å²) in [7, 11) is 0. The van der Waals surface area contributed by atoms with Gasteiger partial charge in [-0.25, -0.2) is 0 Å². The van der Waals surface area contributed by atoms with E-state index in [1.165, 1.54) is 144 Å². The minimum Gasteiger partial charge on any atom is -0.310 e. The molecule has 0 fully saturated rings. The van der Waals surface area contributed by atoms with Crippen LogP contribution in [0.1, 0.15) is 49.9 Å². The van der Waals surface area contributed by atoms with E-state index in [-0.39, 0.29) is 10.8 Å². The topological polar surface area (TPSA) is 6.48 Å². The molecule has 14 aromatic rings. The van der Waals surface area contributed by atoms with E-state index in [0.29, 0.717) is 0 Å². The van der Waals surface area contributed by atoms with Crippen molar-refractivity contribution in [3.63, 3.8) is 0 Å². The lowest BCUT2D eigenvalue weighted by Crippen LogP contribution is -2.31. The Morgan fingerprint density at radius 1 is 0.226 bits per heavy atom. The predicted molar refractivity (Wildman–Crippen MR) is 357 cm³/mol. The van der Waals surface area contributed by atoms with Gasteiger partial charge in [0.1, 0.15) is 0 Å². The molecule has 2 heteroatoms. The van der Waals surface area contributed by atoms with Crippen LogP contribution in [0.25, 0.3) is 98.7 Å². The van der Waals surface area contributed by atoms with Crippen molar-refractivity contribution in [3.8, 4) is 55.6 Å². The van der Waals surface area contributed by atoms with E-state index in [4.69, 9.17) is 0 Å². The standard InChI is InChI=1S/C82H60N2/c1-81(2)71-45-17-19-47-73(71)83(55-31-13-7-14-32-55)75-49-25-43-65(79(75)81)59-37-23-41-63-69(59)52-70-60(66-44-26-50-76-80(66)82(3,4)72-46-18-20-48-74(72)84(76)56-33-15-8-16-34-56)38-24-42-64(70)78(63)77-61-39-21-35-57(53-27-9-5-10-28-53)67(61)51-68-58(36-22-40-62(68)77)54-29-11-6-12-30-54/h5-52H,1-4H3. The molecule has 0 saturated carbocycles. The molecule has 0 atom stereocenters. The third-order valence-corrected chi connectivity index (χ3v) is 18.6. The number of fused-ring (bicyclic) bond motifs is 8. The van der Waals surface area contributed by atoms with Crippen LogP contribution in [0.3, 0.4) is 0 Å². The van der Waals surface area contributed by atoms with Gasteiger partial charge in [0, 0.05) is 22.2 Å². The summed E-state index contributed by atoms with van der Waals surface area (Å²) < 4.78 is 0. The molecule has 84 heavy (non-hydrogen) atoms. The monoisotopic (exact) mass is 1070 g/mol. The maximum absolute atomic E-state index is 2.56. The Labute approximate surface area is 491 Å². The first-order valence-corrected chi connectivity index (χ1v) is 29.5. The third kappa shape index (κ3) is 7.43. The maximum Gasteiger partial charge on any atom is 0.0508 e. The van der Waals surface area contributed by atoms with Crippen LogP contribution in [-0.2, 0) is 10.8 Å². The number of anilines is 6. The molecule has 398 valence electrons. The van der Waals surface area contributed by atoms with E-state index in [0.717, 1.165) is 11.4 Å². The molecule has 2 heterocycles. The lowest BCUT2D eigenvalue weighted by Gasteiger charge is -2.43. The van der Waals surface area contributed by atoms with Gasteiger partial charge >= 0.3 is 0 Å². The molecule has 0 aromatic heterocycles. The summed E-state index contributed by atoms with van der Waals surface area (Å²) in [5.74, 6) is 0. The van der Waals surface area contributed by atoms with Crippen LogP contribution in [-0.4, -0.2) is 0 Å². The minimum atomic E-state index is -0.357. The van der Waals surface area contributed by atoms with Crippen molar-refractivity contribution in [2.45, 2.75) is 38.5 Å². The van der Waals surface area contributed by atoms with Gasteiger partial charge < -0.3 is 9.80 Å². The van der Waals surface area contributed by atoms with Gasteiger partial charge in [-0.15, -0.1) is 0 Å². The molecule has 2 nitrogen and oxygen atoms in total. The maximum atomic E-state index is 2.56. The van der Waals surface area contributed by atoms with Crippen molar-refractivity contribution in [2.24, 2.45) is 0 Å². The predicted octanol–water partition coefficient (Wildman–Crippen LogP) is 22.9. The molecular formula is C82H60N2. The van der Waals surface area contributed by atoms with Crippen molar-refractivity contribution in [2.75, 3.05) is 9.80 Å². The summed E-state index contributed by atoms with van der Waals surface area (Å²) in [6, 6.07) is 109. The second kappa shape index (κ2) is 19.2. The Kier molecular flexibility index (Phi) is 11.3. The summed E-state index contributed by atoms with van der Waals surface area (Å²) in [4.78, 5) is 4.97. The highest BCUT2D eigenvalue weighted by molar-refractivity contribution is 6.28. The first kappa shape index (κ1) is 49.5. The van der Waals surface area contributed by atoms with Gasteiger partial charge in [-0.2, -0.15) is 0 Å². The quantitative estimate of drug-likeness (QED) is 0.147. The zero-order valence-corrected chi connectivity index (χ0v) is 47.6. The molecule has 16 rings (SSSR count). The molecule has 0 saturated heterocycles. The highest BCUT2D eigenvalue weighted by atomic mass is 15.2. The van der Waals surface area contributed by atoms with Gasteiger partial charge in [0.25, 0.3) is 0 Å². The third-order valence-electron chi connectivity index (χ3n) is 18.6. The smallest absolute Gasteiger partial charge is 0.0508 e. The van der Waals surface area contributed by atoms with E-state index >= 15 is 0 Å². The molecular weight excluding hydrogens is 1010 g/mol. The van der Waals surface area contributed by atoms with Crippen molar-refractivity contribution in [1.82, 2.24) is 0 Å². The lowest BCUT2D eigenvalue weighted by atomic mass is 9.70. The molecule has 0 amide bonds. The van der Waals surface area contributed by atoms with Crippen LogP contribution < -0.4 is 9.80 Å². The van der Waals surface area contributed by atoms with Gasteiger partial charge in [-0.1, -0.05) is 258 Å². The Bertz CT molecular complexity index is 4640. The van der Waals surface area contributed by atoms with Crippen molar-refractivity contribution in [3.05, 3.63) is 313 Å². The van der Waals surface area contributed by atoms with Crippen LogP contribution in [0.4, 0.5) is 34.1 Å². The molecule has 0 aliphatic carbocycles. The van der Waals surface area contributed by atoms with Crippen LogP contribution in [0.5, 0.6) is 0 Å². The molecule has 0 unspecified atom stereocenters. The summed E-state index contributed by atoms with van der Waals surface area (Å²) in [6.07, 6.45) is 0. The fourth-order valence-corrected chi connectivity index (χ4v) is 14.9. The lowest BCUT2D eigenvalue weighted by molar-refractivity contribution is 0.633. The fraction of sp³-hybridized carbons (Fsp3) is 0.0732. The molecule has 0 bridgehead atoms. The van der Waals surface area contributed by atoms with Crippen LogP contribution in [0.15, 0.2) is 291 Å². The molecule has 2 aliphatic rings. The Morgan fingerprint density at radius 3 is 0.893 bits per heavy atom. The Balaban J connectivity index is 1.07. The average Bonchev–Trinajstić information content (AvgIpc) is 2.36. The number of nitrogens with zero attached hydrogens (tertiary/aromatic N) is 2. The van der Waals surface area contributed by atoms with Gasteiger partial charge in [0.05, 0.1) is 22.7 Å². The second-order valence-electron chi connectivity index (χ2n) is 23.9. The van der Waals surface area contributed by atoms with Gasteiger partial charge in [-0.3, -0.25) is 0 Å². The number of para-hydroxylation sites is 4. The number of rotatable bonds is 7. The first-order chi connectivity index (χ1) is 41.3.